The fraction of sp³-hybridized carbons (Fsp3) is 0.471. The minimum absolute atomic E-state index is 0.0412. The summed E-state index contributed by atoms with van der Waals surface area (Å²) in [7, 11) is 5.13. The fourth-order valence-electron chi connectivity index (χ4n) is 2.20. The number of benzene rings is 1. The topological polar surface area (TPSA) is 68.5 Å². The van der Waals surface area contributed by atoms with Crippen LogP contribution in [-0.2, 0) is 11.2 Å². The van der Waals surface area contributed by atoms with E-state index in [1.165, 1.54) is 11.8 Å². The quantitative estimate of drug-likeness (QED) is 0.716. The fourth-order valence-corrected chi connectivity index (χ4v) is 3.24. The predicted molar refractivity (Wildman–Crippen MR) is 93.3 cm³/mol. The minimum atomic E-state index is -0.250. The van der Waals surface area contributed by atoms with E-state index < -0.39 is 0 Å². The SMILES string of the molecule is COc1ccccc1Cc1nnc(S[C@H](C(=O)N(C)C)C(C)C)o1. The number of hydrogen-bond donors (Lipinski definition) is 0. The van der Waals surface area contributed by atoms with Crippen molar-refractivity contribution in [1.82, 2.24) is 15.1 Å². The van der Waals surface area contributed by atoms with E-state index in [0.29, 0.717) is 17.5 Å². The Kier molecular flexibility index (Phi) is 6.25. The van der Waals surface area contributed by atoms with Crippen molar-refractivity contribution in [3.63, 3.8) is 0 Å². The van der Waals surface area contributed by atoms with E-state index in [0.717, 1.165) is 11.3 Å². The summed E-state index contributed by atoms with van der Waals surface area (Å²) < 4.78 is 11.0. The van der Waals surface area contributed by atoms with Gasteiger partial charge in [-0.05, 0) is 12.0 Å². The van der Waals surface area contributed by atoms with Gasteiger partial charge in [-0.3, -0.25) is 4.79 Å². The summed E-state index contributed by atoms with van der Waals surface area (Å²) in [5.41, 5.74) is 0.977. The van der Waals surface area contributed by atoms with E-state index >= 15 is 0 Å². The van der Waals surface area contributed by atoms with Gasteiger partial charge in [-0.15, -0.1) is 10.2 Å². The first kappa shape index (κ1) is 18.3. The third-order valence-electron chi connectivity index (χ3n) is 3.50. The first-order valence-electron chi connectivity index (χ1n) is 7.74. The lowest BCUT2D eigenvalue weighted by molar-refractivity contribution is -0.128. The van der Waals surface area contributed by atoms with Crippen LogP contribution in [0.2, 0.25) is 0 Å². The smallest absolute Gasteiger partial charge is 0.277 e. The van der Waals surface area contributed by atoms with Crippen LogP contribution in [-0.4, -0.2) is 47.5 Å². The van der Waals surface area contributed by atoms with Crippen LogP contribution in [0.1, 0.15) is 25.3 Å². The molecule has 24 heavy (non-hydrogen) atoms. The van der Waals surface area contributed by atoms with Crippen molar-refractivity contribution >= 4 is 17.7 Å². The summed E-state index contributed by atoms with van der Waals surface area (Å²) in [6.45, 7) is 4.01. The summed E-state index contributed by atoms with van der Waals surface area (Å²) in [5, 5.41) is 8.31. The monoisotopic (exact) mass is 349 g/mol. The third-order valence-corrected chi connectivity index (χ3v) is 4.87. The molecule has 0 aliphatic heterocycles. The first-order chi connectivity index (χ1) is 11.4. The molecule has 0 bridgehead atoms. The Labute approximate surface area is 146 Å². The van der Waals surface area contributed by atoms with E-state index in [-0.39, 0.29) is 17.1 Å². The molecule has 1 heterocycles. The Bertz CT molecular complexity index is 685. The van der Waals surface area contributed by atoms with E-state index in [1.54, 1.807) is 26.1 Å². The van der Waals surface area contributed by atoms with Gasteiger partial charge in [-0.1, -0.05) is 43.8 Å². The number of hydrogen-bond acceptors (Lipinski definition) is 6. The second-order valence-electron chi connectivity index (χ2n) is 5.97. The van der Waals surface area contributed by atoms with E-state index in [1.807, 2.05) is 38.1 Å². The summed E-state index contributed by atoms with van der Waals surface area (Å²) in [6, 6.07) is 7.71. The molecule has 2 rings (SSSR count). The average Bonchev–Trinajstić information content (AvgIpc) is 2.99. The number of methoxy groups -OCH3 is 1. The second-order valence-corrected chi connectivity index (χ2v) is 7.06. The lowest BCUT2D eigenvalue weighted by Gasteiger charge is -2.21. The summed E-state index contributed by atoms with van der Waals surface area (Å²) in [6.07, 6.45) is 0.492. The molecule has 0 aliphatic rings. The minimum Gasteiger partial charge on any atom is -0.496 e. The van der Waals surface area contributed by atoms with Gasteiger partial charge in [0, 0.05) is 19.7 Å². The van der Waals surface area contributed by atoms with Crippen LogP contribution in [0.4, 0.5) is 0 Å². The van der Waals surface area contributed by atoms with Gasteiger partial charge in [-0.2, -0.15) is 0 Å². The maximum absolute atomic E-state index is 12.3. The van der Waals surface area contributed by atoms with Crippen LogP contribution in [0.15, 0.2) is 33.9 Å². The largest absolute Gasteiger partial charge is 0.496 e. The maximum Gasteiger partial charge on any atom is 0.277 e. The molecule has 6 nitrogen and oxygen atoms in total. The van der Waals surface area contributed by atoms with Crippen molar-refractivity contribution in [3.8, 4) is 5.75 Å². The standard InChI is InChI=1S/C17H23N3O3S/c1-11(2)15(16(21)20(3)4)24-17-19-18-14(23-17)10-12-8-6-7-9-13(12)22-5/h6-9,11,15H,10H2,1-5H3/t15-/m0/s1. The molecule has 0 spiro atoms. The lowest BCUT2D eigenvalue weighted by atomic mass is 10.1. The van der Waals surface area contributed by atoms with Crippen molar-refractivity contribution in [2.75, 3.05) is 21.2 Å². The molecule has 0 saturated heterocycles. The van der Waals surface area contributed by atoms with Gasteiger partial charge >= 0.3 is 0 Å². The average molecular weight is 349 g/mol. The van der Waals surface area contributed by atoms with E-state index in [9.17, 15) is 4.79 Å². The summed E-state index contributed by atoms with van der Waals surface area (Å²) in [5.74, 6) is 1.49. The molecule has 0 radical (unpaired) electrons. The number of rotatable bonds is 7. The number of nitrogens with zero attached hydrogens (tertiary/aromatic N) is 3. The molecule has 0 N–H and O–H groups in total. The Morgan fingerprint density at radius 1 is 1.29 bits per heavy atom. The summed E-state index contributed by atoms with van der Waals surface area (Å²) >= 11 is 1.31. The van der Waals surface area contributed by atoms with Gasteiger partial charge in [0.2, 0.25) is 11.8 Å². The van der Waals surface area contributed by atoms with E-state index in [2.05, 4.69) is 10.2 Å². The molecule has 0 fully saturated rings. The molecule has 0 unspecified atom stereocenters. The first-order valence-corrected chi connectivity index (χ1v) is 8.62. The van der Waals surface area contributed by atoms with Crippen molar-refractivity contribution in [2.24, 2.45) is 5.92 Å². The van der Waals surface area contributed by atoms with Gasteiger partial charge in [0.05, 0.1) is 18.8 Å². The van der Waals surface area contributed by atoms with Crippen LogP contribution in [0.25, 0.3) is 0 Å². The van der Waals surface area contributed by atoms with Crippen LogP contribution in [0.5, 0.6) is 5.75 Å². The Morgan fingerprint density at radius 3 is 2.62 bits per heavy atom. The second kappa shape index (κ2) is 8.19. The van der Waals surface area contributed by atoms with Crippen LogP contribution < -0.4 is 4.74 Å². The Morgan fingerprint density at radius 2 is 2.00 bits per heavy atom. The Balaban J connectivity index is 2.11. The van der Waals surface area contributed by atoms with Crippen molar-refractivity contribution in [2.45, 2.75) is 30.7 Å². The number of carbonyl (C=O) groups excluding carboxylic acids is 1. The zero-order chi connectivity index (χ0) is 17.7. The molecule has 1 aromatic carbocycles. The highest BCUT2D eigenvalue weighted by Crippen LogP contribution is 2.29. The molecular weight excluding hydrogens is 326 g/mol. The van der Waals surface area contributed by atoms with Gasteiger partial charge in [0.15, 0.2) is 0 Å². The number of carbonyl (C=O) groups is 1. The number of amides is 1. The van der Waals surface area contributed by atoms with Crippen molar-refractivity contribution in [1.29, 1.82) is 0 Å². The van der Waals surface area contributed by atoms with Gasteiger partial charge < -0.3 is 14.1 Å². The summed E-state index contributed by atoms with van der Waals surface area (Å²) in [4.78, 5) is 13.9. The molecule has 130 valence electrons. The molecule has 7 heteroatoms. The molecule has 1 aromatic heterocycles. The van der Waals surface area contributed by atoms with Crippen molar-refractivity contribution < 1.29 is 13.9 Å². The van der Waals surface area contributed by atoms with Crippen LogP contribution in [0.3, 0.4) is 0 Å². The third kappa shape index (κ3) is 4.50. The Hall–Kier alpha value is -2.02. The number of aromatic nitrogens is 2. The highest BCUT2D eigenvalue weighted by Gasteiger charge is 2.27. The van der Waals surface area contributed by atoms with Crippen molar-refractivity contribution in [3.05, 3.63) is 35.7 Å². The molecule has 2 aromatic rings. The maximum atomic E-state index is 12.3. The molecule has 0 saturated carbocycles. The number of para-hydroxylation sites is 1. The molecule has 1 amide bonds. The van der Waals surface area contributed by atoms with Crippen LogP contribution in [0, 0.1) is 5.92 Å². The molecule has 1 atom stereocenters. The van der Waals surface area contributed by atoms with E-state index in [4.69, 9.17) is 9.15 Å². The predicted octanol–water partition coefficient (Wildman–Crippen LogP) is 2.87. The lowest BCUT2D eigenvalue weighted by Crippen LogP contribution is -2.34. The number of thioether (sulfide) groups is 1. The molecule has 0 aliphatic carbocycles. The zero-order valence-electron chi connectivity index (χ0n) is 14.6. The normalized spacial score (nSPS) is 12.2. The zero-order valence-corrected chi connectivity index (χ0v) is 15.5. The highest BCUT2D eigenvalue weighted by atomic mass is 32.2. The van der Waals surface area contributed by atoms with Crippen LogP contribution >= 0.6 is 11.8 Å². The van der Waals surface area contributed by atoms with Gasteiger partial charge in [0.1, 0.15) is 5.75 Å². The van der Waals surface area contributed by atoms with Gasteiger partial charge in [0.25, 0.3) is 5.22 Å². The number of ether oxygens (including phenoxy) is 1. The molecular formula is C17H23N3O3S. The van der Waals surface area contributed by atoms with Gasteiger partial charge in [-0.25, -0.2) is 0 Å². The highest BCUT2D eigenvalue weighted by molar-refractivity contribution is 8.00.